The average Bonchev–Trinajstić information content (AvgIpc) is 3.65. The second-order valence-electron chi connectivity index (χ2n) is 11.2. The molecule has 20 nitrogen and oxygen atoms in total. The van der Waals surface area contributed by atoms with E-state index < -0.39 is 79.3 Å². The molecule has 8 N–H and O–H groups in total. The molecule has 0 aliphatic rings. The summed E-state index contributed by atoms with van der Waals surface area (Å²) in [6.45, 7) is -1.40. The number of carboxylic acids is 5. The van der Waals surface area contributed by atoms with Gasteiger partial charge in [-0.05, 0) is 38.6 Å². The van der Waals surface area contributed by atoms with Crippen molar-refractivity contribution in [2.24, 2.45) is 5.92 Å². The molecule has 276 valence electrons. The summed E-state index contributed by atoms with van der Waals surface area (Å²) >= 11 is 0. The number of imidazole rings is 2. The number of hydrogen-bond acceptors (Lipinski definition) is 10. The fourth-order valence-corrected chi connectivity index (χ4v) is 4.76. The quantitative estimate of drug-likeness (QED) is 0.0607. The van der Waals surface area contributed by atoms with Crippen molar-refractivity contribution < 1.29 is 63.5 Å². The summed E-state index contributed by atoms with van der Waals surface area (Å²) in [5.41, 5.74) is 0. The molecule has 0 aromatic carbocycles. The molecule has 2 aromatic rings. The van der Waals surface area contributed by atoms with Gasteiger partial charge < -0.3 is 50.6 Å². The topological polar surface area (TPSA) is 296 Å². The van der Waals surface area contributed by atoms with Gasteiger partial charge >= 0.3 is 35.9 Å². The minimum absolute atomic E-state index is 0.0194. The van der Waals surface area contributed by atoms with E-state index in [9.17, 15) is 53.3 Å². The third-order valence-electron chi connectivity index (χ3n) is 7.37. The Morgan fingerprint density at radius 1 is 0.740 bits per heavy atom. The molecule has 0 spiro atoms. The summed E-state index contributed by atoms with van der Waals surface area (Å²) in [6.07, 6.45) is 5.22. The van der Waals surface area contributed by atoms with Gasteiger partial charge in [0.15, 0.2) is 0 Å². The molecule has 2 heterocycles. The van der Waals surface area contributed by atoms with Gasteiger partial charge in [0.25, 0.3) is 0 Å². The molecule has 0 fully saturated rings. The van der Waals surface area contributed by atoms with E-state index in [-0.39, 0.29) is 65.0 Å². The highest BCUT2D eigenvalue weighted by atomic mass is 19.1. The molecule has 0 saturated heterocycles. The molecule has 3 amide bonds. The third kappa shape index (κ3) is 14.7. The number of nitrogens with one attached hydrogen (secondary N) is 3. The molecule has 1 unspecified atom stereocenters. The Kier molecular flexibility index (Phi) is 16.8. The predicted molar refractivity (Wildman–Crippen MR) is 166 cm³/mol. The summed E-state index contributed by atoms with van der Waals surface area (Å²) < 4.78 is 16.8. The van der Waals surface area contributed by atoms with Gasteiger partial charge in [-0.25, -0.2) is 24.4 Å². The van der Waals surface area contributed by atoms with Crippen molar-refractivity contribution >= 4 is 41.8 Å². The van der Waals surface area contributed by atoms with Gasteiger partial charge in [-0.3, -0.25) is 28.5 Å². The van der Waals surface area contributed by atoms with Gasteiger partial charge in [-0.2, -0.15) is 0 Å². The Balaban J connectivity index is 1.92. The Morgan fingerprint density at radius 3 is 1.72 bits per heavy atom. The number of rotatable bonds is 25. The smallest absolute Gasteiger partial charge is 0.326 e. The first-order valence-corrected chi connectivity index (χ1v) is 15.4. The summed E-state index contributed by atoms with van der Waals surface area (Å²) in [4.78, 5) is 91.2. The van der Waals surface area contributed by atoms with Crippen LogP contribution < -0.4 is 16.0 Å². The van der Waals surface area contributed by atoms with Crippen LogP contribution in [-0.2, 0) is 54.9 Å². The monoisotopic (exact) mass is 712 g/mol. The summed E-state index contributed by atoms with van der Waals surface area (Å²) in [6, 6.07) is -4.08. The second-order valence-corrected chi connectivity index (χ2v) is 11.2. The van der Waals surface area contributed by atoms with Gasteiger partial charge in [-0.15, -0.1) is 0 Å². The van der Waals surface area contributed by atoms with Crippen molar-refractivity contribution in [1.29, 1.82) is 0 Å². The van der Waals surface area contributed by atoms with Gasteiger partial charge in [0, 0.05) is 37.8 Å². The van der Waals surface area contributed by atoms with Crippen LogP contribution in [0.1, 0.15) is 50.2 Å². The van der Waals surface area contributed by atoms with Crippen LogP contribution >= 0.6 is 0 Å². The lowest BCUT2D eigenvalue weighted by Crippen LogP contribution is -2.51. The Bertz CT molecular complexity index is 1430. The number of carbonyl (C=O) groups is 7. The van der Waals surface area contributed by atoms with E-state index in [2.05, 4.69) is 20.6 Å². The predicted octanol–water partition coefficient (Wildman–Crippen LogP) is -0.416. The first-order valence-electron chi connectivity index (χ1n) is 15.4. The van der Waals surface area contributed by atoms with Crippen LogP contribution in [0.5, 0.6) is 0 Å². The average molecular weight is 713 g/mol. The minimum atomic E-state index is -1.55. The molecule has 0 radical (unpaired) electrons. The molecule has 2 rings (SSSR count). The number of carbonyl (C=O) groups excluding carboxylic acids is 2. The molecule has 0 bridgehead atoms. The van der Waals surface area contributed by atoms with Gasteiger partial charge in [0.2, 0.25) is 5.91 Å². The third-order valence-corrected chi connectivity index (χ3v) is 7.37. The van der Waals surface area contributed by atoms with Gasteiger partial charge in [-0.1, -0.05) is 0 Å². The molecule has 0 aliphatic heterocycles. The van der Waals surface area contributed by atoms with Gasteiger partial charge in [0.1, 0.15) is 43.5 Å². The van der Waals surface area contributed by atoms with E-state index in [4.69, 9.17) is 10.2 Å². The van der Waals surface area contributed by atoms with E-state index in [0.29, 0.717) is 11.6 Å². The number of aromatic nitrogens is 4. The maximum absolute atomic E-state index is 14.0. The van der Waals surface area contributed by atoms with E-state index in [1.54, 1.807) is 4.90 Å². The van der Waals surface area contributed by atoms with Crippen LogP contribution in [0.2, 0.25) is 0 Å². The number of halogens is 1. The van der Waals surface area contributed by atoms with E-state index in [1.807, 2.05) is 5.32 Å². The Labute approximate surface area is 284 Å². The number of hydrogen-bond donors (Lipinski definition) is 8. The number of carboxylic acid groups (broad SMARTS) is 5. The van der Waals surface area contributed by atoms with E-state index in [1.165, 1.54) is 33.9 Å². The molecular weight excluding hydrogens is 671 g/mol. The van der Waals surface area contributed by atoms with Crippen molar-refractivity contribution in [3.8, 4) is 0 Å². The Hall–Kier alpha value is -5.60. The number of nitrogens with zero attached hydrogens (tertiary/aromatic N) is 5. The lowest BCUT2D eigenvalue weighted by atomic mass is 10.1. The largest absolute Gasteiger partial charge is 0.481 e. The molecule has 2 aromatic heterocycles. The van der Waals surface area contributed by atoms with Crippen molar-refractivity contribution in [2.45, 2.75) is 76.8 Å². The lowest BCUT2D eigenvalue weighted by molar-refractivity contribution is -0.141. The summed E-state index contributed by atoms with van der Waals surface area (Å²) in [5, 5.41) is 52.5. The standard InChI is InChI=1S/C29H41FN8O12/c30-13-18(26(45)33-7-2-1-3-19(27(46)47)34-29(50)35-20(28(48)49)4-5-23(39)40)6-10-36(14-21-31-8-11-37(21)16-24(41)42)15-22-32-9-12-38(22)17-25(43)44/h8-9,11-12,18-20H,1-7,10,13-17H2,(H,33,45)(H,39,40)(H,41,42)(H,43,44)(H,46,47)(H,48,49)(H2,34,35,50)/t18?,19-,20-/m0/s1. The molecule has 21 heteroatoms. The lowest BCUT2D eigenvalue weighted by Gasteiger charge is -2.24. The number of aliphatic carboxylic acids is 5. The maximum atomic E-state index is 14.0. The van der Waals surface area contributed by atoms with Crippen LogP contribution in [0.4, 0.5) is 9.18 Å². The fraction of sp³-hybridized carbons (Fsp3) is 0.552. The number of urea groups is 1. The van der Waals surface area contributed by atoms with Gasteiger partial charge in [0.05, 0.1) is 19.0 Å². The second kappa shape index (κ2) is 20.7. The number of alkyl halides is 1. The fourth-order valence-electron chi connectivity index (χ4n) is 4.76. The number of unbranched alkanes of at least 4 members (excludes halogenated alkanes) is 1. The molecule has 50 heavy (non-hydrogen) atoms. The van der Waals surface area contributed by atoms with Crippen LogP contribution in [-0.4, -0.2) is 123 Å². The maximum Gasteiger partial charge on any atom is 0.326 e. The van der Waals surface area contributed by atoms with Crippen LogP contribution in [0, 0.1) is 5.92 Å². The normalized spacial score (nSPS) is 12.8. The van der Waals surface area contributed by atoms with Crippen molar-refractivity contribution in [1.82, 2.24) is 40.0 Å². The molecule has 0 saturated carbocycles. The summed E-state index contributed by atoms with van der Waals surface area (Å²) in [5.74, 6) is -7.31. The van der Waals surface area contributed by atoms with E-state index >= 15 is 0 Å². The van der Waals surface area contributed by atoms with Crippen molar-refractivity contribution in [2.75, 3.05) is 19.8 Å². The van der Waals surface area contributed by atoms with Crippen LogP contribution in [0.25, 0.3) is 0 Å². The van der Waals surface area contributed by atoms with Crippen molar-refractivity contribution in [3.63, 3.8) is 0 Å². The zero-order chi connectivity index (χ0) is 37.2. The number of amides is 3. The highest BCUT2D eigenvalue weighted by Crippen LogP contribution is 2.14. The van der Waals surface area contributed by atoms with Crippen LogP contribution in [0.15, 0.2) is 24.8 Å². The first kappa shape index (κ1) is 40.6. The molecule has 0 aliphatic carbocycles. The first-order chi connectivity index (χ1) is 23.7. The summed E-state index contributed by atoms with van der Waals surface area (Å²) in [7, 11) is 0. The molecule has 3 atom stereocenters. The van der Waals surface area contributed by atoms with E-state index in [0.717, 1.165) is 0 Å². The zero-order valence-electron chi connectivity index (χ0n) is 26.9. The Morgan fingerprint density at radius 2 is 1.26 bits per heavy atom. The minimum Gasteiger partial charge on any atom is -0.481 e. The SMILES string of the molecule is O=C(O)CC[C@H](NC(=O)N[C@@H](CCCCNC(=O)C(CF)CCN(Cc1nccn1CC(=O)O)Cc1nccn1CC(=O)O)C(=O)O)C(=O)O. The van der Waals surface area contributed by atoms with Crippen LogP contribution in [0.3, 0.4) is 0 Å². The highest BCUT2D eigenvalue weighted by molar-refractivity contribution is 5.86. The van der Waals surface area contributed by atoms with Crippen molar-refractivity contribution in [3.05, 3.63) is 36.4 Å². The highest BCUT2D eigenvalue weighted by Gasteiger charge is 2.25. The zero-order valence-corrected chi connectivity index (χ0v) is 26.9. The molecular formula is C29H41FN8O12.